The Balaban J connectivity index is 2.39. The molecule has 5 heteroatoms. The summed E-state index contributed by atoms with van der Waals surface area (Å²) in [5.41, 5.74) is -0.744. The molecule has 0 unspecified atom stereocenters. The number of nitrogens with zero attached hydrogens (tertiary/aromatic N) is 1. The summed E-state index contributed by atoms with van der Waals surface area (Å²) in [5, 5.41) is 3.90. The highest BCUT2D eigenvalue weighted by Gasteiger charge is 2.57. The molecule has 1 N–H and O–H groups in total. The predicted molar refractivity (Wildman–Crippen MR) is 69.4 cm³/mol. The van der Waals surface area contributed by atoms with E-state index in [1.165, 1.54) is 0 Å². The van der Waals surface area contributed by atoms with Gasteiger partial charge in [-0.25, -0.2) is 4.79 Å². The molecule has 96 valence electrons. The second-order valence-electron chi connectivity index (χ2n) is 6.15. The molecule has 0 aliphatic carbocycles. The molecule has 17 heavy (non-hydrogen) atoms. The summed E-state index contributed by atoms with van der Waals surface area (Å²) < 4.78 is 5.59. The van der Waals surface area contributed by atoms with Crippen molar-refractivity contribution >= 4 is 23.3 Å². The number of hydrogen-bond acceptors (Lipinski definition) is 3. The summed E-state index contributed by atoms with van der Waals surface area (Å²) in [5.74, 6) is 0.0228. The van der Waals surface area contributed by atoms with Crippen LogP contribution in [0.5, 0.6) is 0 Å². The van der Waals surface area contributed by atoms with E-state index in [-0.39, 0.29) is 23.5 Å². The van der Waals surface area contributed by atoms with Crippen LogP contribution in [-0.2, 0) is 9.53 Å². The normalized spacial score (nSPS) is 35.6. The van der Waals surface area contributed by atoms with Gasteiger partial charge in [0.05, 0.1) is 0 Å². The summed E-state index contributed by atoms with van der Waals surface area (Å²) in [6.07, 6.45) is 0.731. The van der Waals surface area contributed by atoms with E-state index < -0.39 is 5.72 Å². The third-order valence-corrected chi connectivity index (χ3v) is 3.71. The van der Waals surface area contributed by atoms with Crippen molar-refractivity contribution < 1.29 is 9.53 Å². The van der Waals surface area contributed by atoms with Crippen LogP contribution in [0.3, 0.4) is 0 Å². The third-order valence-electron chi connectivity index (χ3n) is 3.42. The molecular weight excluding hydrogens is 236 g/mol. The fourth-order valence-corrected chi connectivity index (χ4v) is 3.56. The van der Waals surface area contributed by atoms with E-state index in [4.69, 9.17) is 17.0 Å². The number of carbonyl (C=O) groups is 1. The van der Waals surface area contributed by atoms with Crippen LogP contribution in [0.15, 0.2) is 0 Å². The smallest absolute Gasteiger partial charge is 0.331 e. The maximum absolute atomic E-state index is 12.0. The fraction of sp³-hybridized carbons (Fsp3) is 0.833. The summed E-state index contributed by atoms with van der Waals surface area (Å²) in [4.78, 5) is 13.9. The SMILES string of the molecule is CC(C)[C@@H]1C(=O)O[C@@]2(C)CC(C)(C)NC(=S)N12. The molecule has 0 saturated carbocycles. The number of carbonyl (C=O) groups excluding carboxylic acids is 1. The van der Waals surface area contributed by atoms with Gasteiger partial charge in [0.15, 0.2) is 10.8 Å². The van der Waals surface area contributed by atoms with Crippen LogP contribution >= 0.6 is 12.2 Å². The molecule has 0 bridgehead atoms. The van der Waals surface area contributed by atoms with Gasteiger partial charge in [-0.05, 0) is 38.9 Å². The van der Waals surface area contributed by atoms with E-state index in [1.54, 1.807) is 0 Å². The Morgan fingerprint density at radius 2 is 2.06 bits per heavy atom. The zero-order valence-electron chi connectivity index (χ0n) is 11.0. The molecule has 2 saturated heterocycles. The highest BCUT2D eigenvalue weighted by Crippen LogP contribution is 2.40. The van der Waals surface area contributed by atoms with Crippen LogP contribution in [0.1, 0.15) is 41.0 Å². The molecule has 2 aliphatic rings. The number of esters is 1. The molecule has 4 nitrogen and oxygen atoms in total. The molecule has 0 aromatic rings. The first-order valence-corrected chi connectivity index (χ1v) is 6.41. The summed E-state index contributed by atoms with van der Waals surface area (Å²) in [6, 6.07) is -0.268. The molecule has 2 aliphatic heterocycles. The Bertz CT molecular complexity index is 381. The monoisotopic (exact) mass is 256 g/mol. The molecular formula is C12H20N2O2S. The third kappa shape index (κ3) is 1.90. The van der Waals surface area contributed by atoms with Crippen LogP contribution in [0, 0.1) is 5.92 Å². The van der Waals surface area contributed by atoms with Gasteiger partial charge >= 0.3 is 5.97 Å². The van der Waals surface area contributed by atoms with Gasteiger partial charge in [-0.1, -0.05) is 13.8 Å². The molecule has 0 aromatic carbocycles. The van der Waals surface area contributed by atoms with E-state index in [1.807, 2.05) is 25.7 Å². The standard InChI is InChI=1S/C12H20N2O2S/c1-7(2)8-9(15)16-12(5)6-11(3,4)13-10(17)14(8)12/h7-8H,6H2,1-5H3,(H,13,17)/t8-,12+/m1/s1. The van der Waals surface area contributed by atoms with Gasteiger partial charge in [0, 0.05) is 12.0 Å². The number of nitrogens with one attached hydrogen (secondary N) is 1. The summed E-state index contributed by atoms with van der Waals surface area (Å²) in [6.45, 7) is 10.1. The van der Waals surface area contributed by atoms with Crippen molar-refractivity contribution in [2.75, 3.05) is 0 Å². The maximum Gasteiger partial charge on any atom is 0.331 e. The van der Waals surface area contributed by atoms with E-state index in [9.17, 15) is 4.79 Å². The van der Waals surface area contributed by atoms with Crippen molar-refractivity contribution in [2.24, 2.45) is 5.92 Å². The average molecular weight is 256 g/mol. The van der Waals surface area contributed by atoms with Crippen LogP contribution < -0.4 is 5.32 Å². The first kappa shape index (κ1) is 12.6. The van der Waals surface area contributed by atoms with Crippen molar-refractivity contribution in [3.8, 4) is 0 Å². The van der Waals surface area contributed by atoms with Crippen molar-refractivity contribution in [3.05, 3.63) is 0 Å². The lowest BCUT2D eigenvalue weighted by Crippen LogP contribution is -2.66. The quantitative estimate of drug-likeness (QED) is 0.570. The first-order valence-electron chi connectivity index (χ1n) is 6.01. The van der Waals surface area contributed by atoms with Gasteiger partial charge in [0.25, 0.3) is 0 Å². The Kier molecular flexibility index (Phi) is 2.65. The molecule has 2 fully saturated rings. The lowest BCUT2D eigenvalue weighted by atomic mass is 9.89. The minimum absolute atomic E-state index is 0.144. The summed E-state index contributed by atoms with van der Waals surface area (Å²) in [7, 11) is 0. The Hall–Kier alpha value is -0.840. The average Bonchev–Trinajstić information content (AvgIpc) is 2.32. The Morgan fingerprint density at radius 3 is 2.59 bits per heavy atom. The highest BCUT2D eigenvalue weighted by atomic mass is 32.1. The Morgan fingerprint density at radius 1 is 1.47 bits per heavy atom. The van der Waals surface area contributed by atoms with E-state index in [0.29, 0.717) is 5.11 Å². The van der Waals surface area contributed by atoms with Crippen LogP contribution in [-0.4, -0.2) is 33.3 Å². The van der Waals surface area contributed by atoms with Gasteiger partial charge in [-0.15, -0.1) is 0 Å². The first-order chi connectivity index (χ1) is 7.66. The lowest BCUT2D eigenvalue weighted by molar-refractivity contribution is -0.153. The predicted octanol–water partition coefficient (Wildman–Crippen LogP) is 1.64. The van der Waals surface area contributed by atoms with Gasteiger partial charge in [0.1, 0.15) is 6.04 Å². The van der Waals surface area contributed by atoms with Gasteiger partial charge in [-0.3, -0.25) is 4.90 Å². The highest BCUT2D eigenvalue weighted by molar-refractivity contribution is 7.80. The lowest BCUT2D eigenvalue weighted by Gasteiger charge is -2.48. The largest absolute Gasteiger partial charge is 0.437 e. The number of rotatable bonds is 1. The van der Waals surface area contributed by atoms with Crippen molar-refractivity contribution in [1.29, 1.82) is 0 Å². The fourth-order valence-electron chi connectivity index (χ4n) is 2.97. The molecule has 2 rings (SSSR count). The zero-order chi connectivity index (χ0) is 13.0. The molecule has 2 heterocycles. The van der Waals surface area contributed by atoms with E-state index >= 15 is 0 Å². The van der Waals surface area contributed by atoms with Crippen LogP contribution in [0.25, 0.3) is 0 Å². The number of fused-ring (bicyclic) bond motifs is 1. The number of hydrogen-bond donors (Lipinski definition) is 1. The number of thiocarbonyl (C=S) groups is 1. The van der Waals surface area contributed by atoms with Crippen molar-refractivity contribution in [2.45, 2.75) is 58.3 Å². The van der Waals surface area contributed by atoms with E-state index in [0.717, 1.165) is 6.42 Å². The van der Waals surface area contributed by atoms with Crippen molar-refractivity contribution in [1.82, 2.24) is 10.2 Å². The molecule has 0 spiro atoms. The minimum atomic E-state index is -0.599. The maximum atomic E-state index is 12.0. The second-order valence-corrected chi connectivity index (χ2v) is 6.53. The minimum Gasteiger partial charge on any atom is -0.437 e. The topological polar surface area (TPSA) is 41.6 Å². The molecule has 0 amide bonds. The summed E-state index contributed by atoms with van der Waals surface area (Å²) >= 11 is 5.40. The molecule has 0 aromatic heterocycles. The second kappa shape index (κ2) is 3.57. The van der Waals surface area contributed by atoms with Crippen LogP contribution in [0.2, 0.25) is 0 Å². The number of ether oxygens (including phenoxy) is 1. The van der Waals surface area contributed by atoms with Gasteiger partial charge < -0.3 is 10.1 Å². The van der Waals surface area contributed by atoms with E-state index in [2.05, 4.69) is 19.2 Å². The molecule has 2 atom stereocenters. The Labute approximate surface area is 108 Å². The van der Waals surface area contributed by atoms with Gasteiger partial charge in [-0.2, -0.15) is 0 Å². The van der Waals surface area contributed by atoms with Crippen LogP contribution in [0.4, 0.5) is 0 Å². The van der Waals surface area contributed by atoms with Crippen molar-refractivity contribution in [3.63, 3.8) is 0 Å². The zero-order valence-corrected chi connectivity index (χ0v) is 11.9. The molecule has 0 radical (unpaired) electrons. The van der Waals surface area contributed by atoms with Gasteiger partial charge in [0.2, 0.25) is 0 Å².